The second-order valence-corrected chi connectivity index (χ2v) is 4.43. The van der Waals surface area contributed by atoms with Crippen molar-refractivity contribution in [2.24, 2.45) is 0 Å². The molecule has 5 nitrogen and oxygen atoms in total. The van der Waals surface area contributed by atoms with Gasteiger partial charge in [-0.05, 0) is 24.3 Å². The van der Waals surface area contributed by atoms with E-state index in [1.165, 1.54) is 18.3 Å². The number of aromatic nitrogens is 3. The van der Waals surface area contributed by atoms with Crippen molar-refractivity contribution in [1.82, 2.24) is 15.1 Å². The summed E-state index contributed by atoms with van der Waals surface area (Å²) in [7, 11) is 0. The molecule has 0 aliphatic carbocycles. The number of nitrogens with zero attached hydrogens (tertiary/aromatic N) is 3. The van der Waals surface area contributed by atoms with Crippen molar-refractivity contribution in [2.45, 2.75) is 0 Å². The van der Waals surface area contributed by atoms with Crippen LogP contribution in [0.25, 0.3) is 23.0 Å². The molecule has 20 heavy (non-hydrogen) atoms. The van der Waals surface area contributed by atoms with E-state index in [9.17, 15) is 4.39 Å². The van der Waals surface area contributed by atoms with E-state index in [0.29, 0.717) is 10.7 Å². The molecule has 0 aliphatic heterocycles. The van der Waals surface area contributed by atoms with Gasteiger partial charge in [-0.25, -0.2) is 4.39 Å². The molecular weight excluding hydrogens is 283 g/mol. The van der Waals surface area contributed by atoms with Crippen LogP contribution < -0.4 is 5.73 Å². The van der Waals surface area contributed by atoms with Crippen LogP contribution in [0.15, 0.2) is 41.1 Å². The van der Waals surface area contributed by atoms with E-state index >= 15 is 0 Å². The Bertz CT molecular complexity index is 737. The Kier molecular flexibility index (Phi) is 3.08. The molecule has 1 aromatic carbocycles. The van der Waals surface area contributed by atoms with Crippen LogP contribution in [0.2, 0.25) is 5.02 Å². The van der Waals surface area contributed by atoms with Crippen LogP contribution in [0.1, 0.15) is 0 Å². The van der Waals surface area contributed by atoms with Crippen LogP contribution in [-0.2, 0) is 0 Å². The third-order valence-corrected chi connectivity index (χ3v) is 2.87. The Morgan fingerprint density at radius 1 is 1.20 bits per heavy atom. The Hall–Kier alpha value is -2.47. The highest BCUT2D eigenvalue weighted by molar-refractivity contribution is 6.30. The minimum atomic E-state index is -0.524. The zero-order valence-corrected chi connectivity index (χ0v) is 10.8. The minimum absolute atomic E-state index is 0.00681. The zero-order valence-electron chi connectivity index (χ0n) is 10.0. The molecule has 0 saturated heterocycles. The van der Waals surface area contributed by atoms with Crippen molar-refractivity contribution in [3.05, 3.63) is 47.4 Å². The number of nitrogens with two attached hydrogens (primary N) is 1. The summed E-state index contributed by atoms with van der Waals surface area (Å²) in [6.45, 7) is 0. The molecule has 0 atom stereocenters. The first-order chi connectivity index (χ1) is 9.65. The first-order valence-electron chi connectivity index (χ1n) is 5.65. The molecule has 2 N–H and O–H groups in total. The highest BCUT2D eigenvalue weighted by atomic mass is 35.5. The molecule has 0 saturated carbocycles. The molecule has 0 amide bonds. The standard InChI is InChI=1S/C13H8ClFN4O/c14-7-4-5-10(17-6-7)12-18-13(20-19-12)11-8(15)2-1-3-9(11)16/h1-6H,16H2. The molecule has 0 fully saturated rings. The lowest BCUT2D eigenvalue weighted by Crippen LogP contribution is -1.93. The molecule has 7 heteroatoms. The van der Waals surface area contributed by atoms with Crippen LogP contribution >= 0.6 is 11.6 Å². The summed E-state index contributed by atoms with van der Waals surface area (Å²) in [4.78, 5) is 8.16. The normalized spacial score (nSPS) is 10.7. The fraction of sp³-hybridized carbons (Fsp3) is 0. The molecule has 0 aliphatic rings. The first-order valence-corrected chi connectivity index (χ1v) is 6.03. The van der Waals surface area contributed by atoms with E-state index in [-0.39, 0.29) is 23.0 Å². The monoisotopic (exact) mass is 290 g/mol. The maximum absolute atomic E-state index is 13.8. The first kappa shape index (κ1) is 12.6. The number of anilines is 1. The molecule has 2 heterocycles. The second kappa shape index (κ2) is 4.90. The summed E-state index contributed by atoms with van der Waals surface area (Å²) in [6.07, 6.45) is 1.46. The summed E-state index contributed by atoms with van der Waals surface area (Å²) in [6, 6.07) is 7.63. The number of nitrogen functional groups attached to an aromatic ring is 1. The van der Waals surface area contributed by atoms with Crippen molar-refractivity contribution in [1.29, 1.82) is 0 Å². The largest absolute Gasteiger partial charge is 0.398 e. The average molecular weight is 291 g/mol. The summed E-state index contributed by atoms with van der Waals surface area (Å²) >= 11 is 5.75. The van der Waals surface area contributed by atoms with Crippen molar-refractivity contribution < 1.29 is 8.91 Å². The van der Waals surface area contributed by atoms with Crippen LogP contribution in [0.4, 0.5) is 10.1 Å². The Morgan fingerprint density at radius 3 is 2.75 bits per heavy atom. The third-order valence-electron chi connectivity index (χ3n) is 2.64. The Labute approximate surface area is 118 Å². The van der Waals surface area contributed by atoms with Crippen LogP contribution in [0.5, 0.6) is 0 Å². The average Bonchev–Trinajstić information content (AvgIpc) is 2.89. The molecule has 0 spiro atoms. The molecule has 2 aromatic heterocycles. The quantitative estimate of drug-likeness (QED) is 0.733. The fourth-order valence-corrected chi connectivity index (χ4v) is 1.82. The number of halogens is 2. The lowest BCUT2D eigenvalue weighted by Gasteiger charge is -2.00. The maximum atomic E-state index is 13.8. The zero-order chi connectivity index (χ0) is 14.1. The van der Waals surface area contributed by atoms with Gasteiger partial charge in [0.2, 0.25) is 5.82 Å². The van der Waals surface area contributed by atoms with E-state index in [0.717, 1.165) is 0 Å². The number of hydrogen-bond donors (Lipinski definition) is 1. The topological polar surface area (TPSA) is 77.8 Å². The number of rotatable bonds is 2. The van der Waals surface area contributed by atoms with Gasteiger partial charge >= 0.3 is 0 Å². The van der Waals surface area contributed by atoms with Gasteiger partial charge in [-0.2, -0.15) is 4.98 Å². The van der Waals surface area contributed by atoms with E-state index in [1.807, 2.05) is 0 Å². The fourth-order valence-electron chi connectivity index (χ4n) is 1.70. The van der Waals surface area contributed by atoms with Gasteiger partial charge in [0.1, 0.15) is 11.5 Å². The molecular formula is C13H8ClFN4O. The summed E-state index contributed by atoms with van der Waals surface area (Å²) in [5.74, 6) is -0.282. The van der Waals surface area contributed by atoms with Crippen LogP contribution in [0.3, 0.4) is 0 Å². The van der Waals surface area contributed by atoms with E-state index < -0.39 is 5.82 Å². The smallest absolute Gasteiger partial charge is 0.263 e. The predicted molar refractivity (Wildman–Crippen MR) is 72.3 cm³/mol. The highest BCUT2D eigenvalue weighted by Gasteiger charge is 2.17. The Morgan fingerprint density at radius 2 is 2.05 bits per heavy atom. The van der Waals surface area contributed by atoms with Gasteiger partial charge in [0.15, 0.2) is 0 Å². The summed E-state index contributed by atoms with van der Waals surface area (Å²) in [5, 5.41) is 4.26. The van der Waals surface area contributed by atoms with Gasteiger partial charge in [0.25, 0.3) is 5.89 Å². The second-order valence-electron chi connectivity index (χ2n) is 3.99. The minimum Gasteiger partial charge on any atom is -0.398 e. The lowest BCUT2D eigenvalue weighted by atomic mass is 10.1. The van der Waals surface area contributed by atoms with Crippen molar-refractivity contribution >= 4 is 17.3 Å². The number of pyridine rings is 1. The SMILES string of the molecule is Nc1cccc(F)c1-c1nc(-c2ccc(Cl)cn2)no1. The molecule has 100 valence electrons. The molecule has 0 radical (unpaired) electrons. The summed E-state index contributed by atoms with van der Waals surface area (Å²) in [5.41, 5.74) is 6.50. The van der Waals surface area contributed by atoms with Crippen LogP contribution in [0, 0.1) is 5.82 Å². The lowest BCUT2D eigenvalue weighted by molar-refractivity contribution is 0.429. The number of hydrogen-bond acceptors (Lipinski definition) is 5. The molecule has 3 rings (SSSR count). The van der Waals surface area contributed by atoms with Crippen molar-refractivity contribution in [3.63, 3.8) is 0 Å². The van der Waals surface area contributed by atoms with Crippen LogP contribution in [-0.4, -0.2) is 15.1 Å². The van der Waals surface area contributed by atoms with Gasteiger partial charge < -0.3 is 10.3 Å². The highest BCUT2D eigenvalue weighted by Crippen LogP contribution is 2.28. The summed E-state index contributed by atoms with van der Waals surface area (Å²) < 4.78 is 18.8. The molecule has 3 aromatic rings. The van der Waals surface area contributed by atoms with Gasteiger partial charge in [-0.15, -0.1) is 0 Å². The third kappa shape index (κ3) is 2.21. The van der Waals surface area contributed by atoms with Crippen molar-refractivity contribution in [3.8, 4) is 23.0 Å². The molecule has 0 bridgehead atoms. The van der Waals surface area contributed by atoms with Gasteiger partial charge in [0.05, 0.1) is 10.6 Å². The van der Waals surface area contributed by atoms with E-state index in [2.05, 4.69) is 15.1 Å². The van der Waals surface area contributed by atoms with E-state index in [1.54, 1.807) is 18.2 Å². The molecule has 0 unspecified atom stereocenters. The van der Waals surface area contributed by atoms with Gasteiger partial charge in [-0.1, -0.05) is 22.8 Å². The Balaban J connectivity index is 2.04. The number of benzene rings is 1. The van der Waals surface area contributed by atoms with Gasteiger partial charge in [0, 0.05) is 11.9 Å². The predicted octanol–water partition coefficient (Wildman–Crippen LogP) is 3.17. The van der Waals surface area contributed by atoms with Gasteiger partial charge in [-0.3, -0.25) is 4.98 Å². The van der Waals surface area contributed by atoms with Crippen molar-refractivity contribution in [2.75, 3.05) is 5.73 Å². The van der Waals surface area contributed by atoms with E-state index in [4.69, 9.17) is 21.9 Å². The maximum Gasteiger partial charge on any atom is 0.263 e.